The number of anilines is 1. The molecule has 1 aliphatic rings. The first-order valence-electron chi connectivity index (χ1n) is 9.63. The fraction of sp³-hybridized carbons (Fsp3) is 0.217. The van der Waals surface area contributed by atoms with Crippen molar-refractivity contribution < 1.29 is 19.1 Å². The standard InChI is InChI=1S/C23H21N3O4/c1-13-18-11-16(9-10-19(18)24-22(13)28)20(27)12-30-23(29)21-14(2)25-26(15(21)3)17-7-5-4-6-8-17/h4-11,13H,12H2,1-3H3,(H,24,28)/t13-/m0/s1. The Balaban J connectivity index is 1.49. The number of ketones is 1. The molecule has 152 valence electrons. The van der Waals surface area contributed by atoms with Crippen molar-refractivity contribution in [2.24, 2.45) is 0 Å². The molecule has 30 heavy (non-hydrogen) atoms. The number of rotatable bonds is 5. The highest BCUT2D eigenvalue weighted by atomic mass is 16.5. The largest absolute Gasteiger partial charge is 0.454 e. The average molecular weight is 403 g/mol. The van der Waals surface area contributed by atoms with Gasteiger partial charge in [0.2, 0.25) is 5.91 Å². The number of fused-ring (bicyclic) bond motifs is 1. The summed E-state index contributed by atoms with van der Waals surface area (Å²) in [5, 5.41) is 7.20. The zero-order chi connectivity index (χ0) is 21.4. The minimum absolute atomic E-state index is 0.0950. The highest BCUT2D eigenvalue weighted by molar-refractivity contribution is 6.05. The molecule has 1 atom stereocenters. The van der Waals surface area contributed by atoms with Gasteiger partial charge in [-0.15, -0.1) is 0 Å². The van der Waals surface area contributed by atoms with Crippen LogP contribution in [0.2, 0.25) is 0 Å². The van der Waals surface area contributed by atoms with E-state index in [0.717, 1.165) is 11.3 Å². The summed E-state index contributed by atoms with van der Waals surface area (Å²) >= 11 is 0. The van der Waals surface area contributed by atoms with Crippen molar-refractivity contribution in [1.82, 2.24) is 9.78 Å². The monoisotopic (exact) mass is 403 g/mol. The molecular formula is C23H21N3O4. The van der Waals surface area contributed by atoms with Crippen LogP contribution in [0, 0.1) is 13.8 Å². The molecular weight excluding hydrogens is 382 g/mol. The summed E-state index contributed by atoms with van der Waals surface area (Å²) in [6, 6.07) is 14.5. The van der Waals surface area contributed by atoms with E-state index in [0.29, 0.717) is 28.2 Å². The van der Waals surface area contributed by atoms with E-state index in [9.17, 15) is 14.4 Å². The third-order valence-corrected chi connectivity index (χ3v) is 5.32. The molecule has 2 heterocycles. The second-order valence-electron chi connectivity index (χ2n) is 7.31. The van der Waals surface area contributed by atoms with Gasteiger partial charge in [-0.05, 0) is 56.7 Å². The number of aryl methyl sites for hydroxylation is 1. The summed E-state index contributed by atoms with van der Waals surface area (Å²) in [5.74, 6) is -1.33. The second-order valence-corrected chi connectivity index (χ2v) is 7.31. The molecule has 0 radical (unpaired) electrons. The Hall–Kier alpha value is -3.74. The first-order chi connectivity index (χ1) is 14.4. The SMILES string of the molecule is Cc1nn(-c2ccccc2)c(C)c1C(=O)OCC(=O)c1ccc2c(c1)[C@H](C)C(=O)N2. The van der Waals surface area contributed by atoms with Crippen LogP contribution in [0.4, 0.5) is 5.69 Å². The molecule has 3 aromatic rings. The van der Waals surface area contributed by atoms with Crippen LogP contribution in [0.25, 0.3) is 5.69 Å². The van der Waals surface area contributed by atoms with Crippen molar-refractivity contribution in [2.45, 2.75) is 26.7 Å². The van der Waals surface area contributed by atoms with Gasteiger partial charge in [0.1, 0.15) is 5.56 Å². The molecule has 1 aliphatic heterocycles. The first-order valence-corrected chi connectivity index (χ1v) is 9.63. The van der Waals surface area contributed by atoms with Gasteiger partial charge in [0.05, 0.1) is 23.0 Å². The molecule has 1 amide bonds. The molecule has 0 fully saturated rings. The van der Waals surface area contributed by atoms with Crippen LogP contribution in [0.1, 0.15) is 50.5 Å². The number of ether oxygens (including phenoxy) is 1. The average Bonchev–Trinajstić information content (AvgIpc) is 3.21. The lowest BCUT2D eigenvalue weighted by atomic mass is 9.99. The number of nitrogens with zero attached hydrogens (tertiary/aromatic N) is 2. The number of para-hydroxylation sites is 1. The zero-order valence-electron chi connectivity index (χ0n) is 16.9. The lowest BCUT2D eigenvalue weighted by molar-refractivity contribution is -0.116. The van der Waals surface area contributed by atoms with E-state index in [2.05, 4.69) is 10.4 Å². The number of benzene rings is 2. The molecule has 0 saturated heterocycles. The Bertz CT molecular complexity index is 1160. The van der Waals surface area contributed by atoms with E-state index in [4.69, 9.17) is 4.74 Å². The lowest BCUT2D eigenvalue weighted by Crippen LogP contribution is -2.15. The van der Waals surface area contributed by atoms with Crippen LogP contribution in [-0.2, 0) is 9.53 Å². The number of Topliss-reactive ketones (excluding diaryl/α,β-unsaturated/α-hetero) is 1. The molecule has 1 N–H and O–H groups in total. The van der Waals surface area contributed by atoms with E-state index in [-0.39, 0.29) is 24.2 Å². The first kappa shape index (κ1) is 19.6. The third-order valence-electron chi connectivity index (χ3n) is 5.32. The van der Waals surface area contributed by atoms with Crippen LogP contribution in [0.3, 0.4) is 0 Å². The van der Waals surface area contributed by atoms with Crippen molar-refractivity contribution in [1.29, 1.82) is 0 Å². The van der Waals surface area contributed by atoms with Gasteiger partial charge in [0, 0.05) is 11.3 Å². The number of esters is 1. The zero-order valence-corrected chi connectivity index (χ0v) is 16.9. The van der Waals surface area contributed by atoms with Gasteiger partial charge >= 0.3 is 5.97 Å². The summed E-state index contributed by atoms with van der Waals surface area (Å²) in [5.41, 5.74) is 4.25. The van der Waals surface area contributed by atoms with E-state index in [1.165, 1.54) is 0 Å². The minimum Gasteiger partial charge on any atom is -0.454 e. The molecule has 0 unspecified atom stereocenters. The smallest absolute Gasteiger partial charge is 0.342 e. The highest BCUT2D eigenvalue weighted by Gasteiger charge is 2.27. The van der Waals surface area contributed by atoms with Crippen molar-refractivity contribution in [3.05, 3.63) is 76.6 Å². The Morgan fingerprint density at radius 1 is 1.13 bits per heavy atom. The van der Waals surface area contributed by atoms with Gasteiger partial charge in [0.15, 0.2) is 12.4 Å². The molecule has 1 aromatic heterocycles. The Morgan fingerprint density at radius 3 is 2.60 bits per heavy atom. The number of hydrogen-bond donors (Lipinski definition) is 1. The van der Waals surface area contributed by atoms with E-state index in [1.807, 2.05) is 30.3 Å². The molecule has 0 bridgehead atoms. The predicted molar refractivity (Wildman–Crippen MR) is 111 cm³/mol. The Morgan fingerprint density at radius 2 is 1.87 bits per heavy atom. The molecule has 0 saturated carbocycles. The van der Waals surface area contributed by atoms with Gasteiger partial charge in [-0.2, -0.15) is 5.10 Å². The number of carbonyl (C=O) groups is 3. The van der Waals surface area contributed by atoms with Gasteiger partial charge in [-0.25, -0.2) is 9.48 Å². The quantitative estimate of drug-likeness (QED) is 0.519. The van der Waals surface area contributed by atoms with Gasteiger partial charge < -0.3 is 10.1 Å². The van der Waals surface area contributed by atoms with Crippen molar-refractivity contribution >= 4 is 23.3 Å². The van der Waals surface area contributed by atoms with E-state index < -0.39 is 5.97 Å². The van der Waals surface area contributed by atoms with Crippen LogP contribution in [-0.4, -0.2) is 34.0 Å². The van der Waals surface area contributed by atoms with Crippen LogP contribution < -0.4 is 5.32 Å². The lowest BCUT2D eigenvalue weighted by Gasteiger charge is -2.08. The molecule has 7 nitrogen and oxygen atoms in total. The van der Waals surface area contributed by atoms with Gasteiger partial charge in [0.25, 0.3) is 0 Å². The van der Waals surface area contributed by atoms with Gasteiger partial charge in [-0.1, -0.05) is 18.2 Å². The number of hydrogen-bond acceptors (Lipinski definition) is 5. The van der Waals surface area contributed by atoms with Crippen molar-refractivity contribution in [3.8, 4) is 5.69 Å². The highest BCUT2D eigenvalue weighted by Crippen LogP contribution is 2.32. The maximum atomic E-state index is 12.7. The fourth-order valence-electron chi connectivity index (χ4n) is 3.64. The third kappa shape index (κ3) is 3.39. The Labute approximate surface area is 173 Å². The topological polar surface area (TPSA) is 90.3 Å². The van der Waals surface area contributed by atoms with Crippen molar-refractivity contribution in [2.75, 3.05) is 11.9 Å². The number of nitrogens with one attached hydrogen (secondary N) is 1. The molecule has 0 spiro atoms. The van der Waals surface area contributed by atoms with Crippen molar-refractivity contribution in [3.63, 3.8) is 0 Å². The summed E-state index contributed by atoms with van der Waals surface area (Å²) in [4.78, 5) is 37.0. The van der Waals surface area contributed by atoms with Crippen LogP contribution >= 0.6 is 0 Å². The maximum absolute atomic E-state index is 12.7. The Kier molecular flexibility index (Phi) is 4.95. The molecule has 7 heteroatoms. The summed E-state index contributed by atoms with van der Waals surface area (Å²) < 4.78 is 6.98. The van der Waals surface area contributed by atoms with Gasteiger partial charge in [-0.3, -0.25) is 9.59 Å². The summed E-state index contributed by atoms with van der Waals surface area (Å²) in [6.07, 6.45) is 0. The fourth-order valence-corrected chi connectivity index (χ4v) is 3.64. The van der Waals surface area contributed by atoms with E-state index >= 15 is 0 Å². The number of aromatic nitrogens is 2. The molecule has 4 rings (SSSR count). The van der Waals surface area contributed by atoms with Crippen LogP contribution in [0.15, 0.2) is 48.5 Å². The predicted octanol–water partition coefficient (Wildman–Crippen LogP) is 3.58. The number of carbonyl (C=O) groups excluding carboxylic acids is 3. The normalized spacial score (nSPS) is 14.9. The summed E-state index contributed by atoms with van der Waals surface area (Å²) in [7, 11) is 0. The maximum Gasteiger partial charge on any atom is 0.342 e. The molecule has 2 aromatic carbocycles. The minimum atomic E-state index is -0.591. The van der Waals surface area contributed by atoms with Crippen LogP contribution in [0.5, 0.6) is 0 Å². The summed E-state index contributed by atoms with van der Waals surface area (Å²) in [6.45, 7) is 4.92. The number of amides is 1. The van der Waals surface area contributed by atoms with E-state index in [1.54, 1.807) is 43.7 Å². The second kappa shape index (κ2) is 7.59. The molecule has 0 aliphatic carbocycles.